The monoisotopic (exact) mass is 432 g/mol. The van der Waals surface area contributed by atoms with Crippen molar-refractivity contribution in [3.63, 3.8) is 0 Å². The van der Waals surface area contributed by atoms with Gasteiger partial charge in [0, 0.05) is 34.1 Å². The van der Waals surface area contributed by atoms with Gasteiger partial charge in [-0.1, -0.05) is 30.3 Å². The Morgan fingerprint density at radius 3 is 2.71 bits per heavy atom. The summed E-state index contributed by atoms with van der Waals surface area (Å²) in [4.78, 5) is 26.6. The maximum Gasteiger partial charge on any atom is 0.407 e. The minimum Gasteiger partial charge on any atom is -0.489 e. The highest BCUT2D eigenvalue weighted by atomic mass is 32.1. The molecule has 0 unspecified atom stereocenters. The van der Waals surface area contributed by atoms with E-state index in [2.05, 4.69) is 0 Å². The number of thiophene rings is 1. The fourth-order valence-electron chi connectivity index (χ4n) is 3.91. The zero-order valence-corrected chi connectivity index (χ0v) is 17.5. The predicted molar refractivity (Wildman–Crippen MR) is 120 cm³/mol. The first-order chi connectivity index (χ1) is 15.1. The Labute approximate surface area is 182 Å². The van der Waals surface area contributed by atoms with E-state index in [1.807, 2.05) is 48.5 Å². The molecule has 3 heterocycles. The molecule has 1 aliphatic heterocycles. The first-order valence-corrected chi connectivity index (χ1v) is 10.8. The Morgan fingerprint density at radius 2 is 1.94 bits per heavy atom. The molecule has 0 aliphatic carbocycles. The molecule has 0 spiro atoms. The number of nitrogens with zero attached hydrogens (tertiary/aromatic N) is 2. The highest BCUT2D eigenvalue weighted by Crippen LogP contribution is 2.36. The topological polar surface area (TPSA) is 71.8 Å². The van der Waals surface area contributed by atoms with E-state index in [1.54, 1.807) is 28.2 Å². The average molecular weight is 433 g/mol. The molecule has 0 radical (unpaired) electrons. The molecule has 0 saturated heterocycles. The number of carbonyl (C=O) groups is 1. The third-order valence-electron chi connectivity index (χ3n) is 5.51. The minimum atomic E-state index is -0.884. The van der Waals surface area contributed by atoms with Gasteiger partial charge in [-0.3, -0.25) is 9.36 Å². The van der Waals surface area contributed by atoms with Gasteiger partial charge >= 0.3 is 6.09 Å². The van der Waals surface area contributed by atoms with Gasteiger partial charge in [-0.05, 0) is 47.2 Å². The molecule has 31 heavy (non-hydrogen) atoms. The van der Waals surface area contributed by atoms with Crippen molar-refractivity contribution in [1.29, 1.82) is 0 Å². The predicted octanol–water partition coefficient (Wildman–Crippen LogP) is 4.67. The SMILES string of the molecule is O=C(O)N1CCc2c(sc3ccc(-n4ccc(OCc5ccccc5)cc4=O)cc23)C1. The van der Waals surface area contributed by atoms with Crippen LogP contribution in [0.25, 0.3) is 15.8 Å². The number of pyridine rings is 1. The van der Waals surface area contributed by atoms with Crippen LogP contribution < -0.4 is 10.3 Å². The smallest absolute Gasteiger partial charge is 0.407 e. The van der Waals surface area contributed by atoms with Gasteiger partial charge in [-0.15, -0.1) is 11.3 Å². The number of aromatic nitrogens is 1. The summed E-state index contributed by atoms with van der Waals surface area (Å²) in [6.07, 6.45) is 1.53. The maximum atomic E-state index is 12.7. The summed E-state index contributed by atoms with van der Waals surface area (Å²) in [5.41, 5.74) is 2.86. The number of hydrogen-bond acceptors (Lipinski definition) is 4. The van der Waals surface area contributed by atoms with Crippen LogP contribution in [0.2, 0.25) is 0 Å². The normalized spacial score (nSPS) is 13.2. The lowest BCUT2D eigenvalue weighted by molar-refractivity contribution is 0.140. The minimum absolute atomic E-state index is 0.161. The molecular weight excluding hydrogens is 412 g/mol. The van der Waals surface area contributed by atoms with Gasteiger partial charge < -0.3 is 14.7 Å². The summed E-state index contributed by atoms with van der Waals surface area (Å²) in [7, 11) is 0. The Bertz CT molecular complexity index is 1330. The number of ether oxygens (including phenoxy) is 1. The summed E-state index contributed by atoms with van der Waals surface area (Å²) in [5, 5.41) is 10.4. The summed E-state index contributed by atoms with van der Waals surface area (Å²) in [6.45, 7) is 1.32. The van der Waals surface area contributed by atoms with Crippen molar-refractivity contribution in [3.8, 4) is 11.4 Å². The van der Waals surface area contributed by atoms with Crippen molar-refractivity contribution >= 4 is 27.5 Å². The number of hydrogen-bond donors (Lipinski definition) is 1. The molecule has 2 aromatic heterocycles. The van der Waals surface area contributed by atoms with E-state index in [1.165, 1.54) is 16.5 Å². The quantitative estimate of drug-likeness (QED) is 0.509. The lowest BCUT2D eigenvalue weighted by Crippen LogP contribution is -2.33. The Kier molecular flexibility index (Phi) is 4.95. The molecule has 0 bridgehead atoms. The Hall–Kier alpha value is -3.58. The van der Waals surface area contributed by atoms with Crippen molar-refractivity contribution in [2.45, 2.75) is 19.6 Å². The van der Waals surface area contributed by atoms with Crippen molar-refractivity contribution in [1.82, 2.24) is 9.47 Å². The molecule has 2 aromatic carbocycles. The third-order valence-corrected chi connectivity index (χ3v) is 6.71. The number of rotatable bonds is 4. The maximum absolute atomic E-state index is 12.7. The van der Waals surface area contributed by atoms with Crippen LogP contribution in [0.4, 0.5) is 4.79 Å². The zero-order valence-electron chi connectivity index (χ0n) is 16.7. The van der Waals surface area contributed by atoms with Crippen LogP contribution in [0.15, 0.2) is 71.7 Å². The molecule has 6 nitrogen and oxygen atoms in total. The lowest BCUT2D eigenvalue weighted by Gasteiger charge is -2.24. The second-order valence-electron chi connectivity index (χ2n) is 7.48. The molecule has 1 amide bonds. The van der Waals surface area contributed by atoms with Gasteiger partial charge in [0.2, 0.25) is 0 Å². The number of carboxylic acid groups (broad SMARTS) is 1. The third kappa shape index (κ3) is 3.80. The van der Waals surface area contributed by atoms with E-state index < -0.39 is 6.09 Å². The molecule has 1 N–H and O–H groups in total. The van der Waals surface area contributed by atoms with Crippen LogP contribution in [0.5, 0.6) is 5.75 Å². The van der Waals surface area contributed by atoms with Gasteiger partial charge in [-0.25, -0.2) is 4.79 Å². The first kappa shape index (κ1) is 19.4. The van der Waals surface area contributed by atoms with Crippen LogP contribution in [-0.2, 0) is 19.6 Å². The number of amides is 1. The molecule has 0 saturated carbocycles. The fraction of sp³-hybridized carbons (Fsp3) is 0.167. The van der Waals surface area contributed by atoms with E-state index in [-0.39, 0.29) is 5.56 Å². The highest BCUT2D eigenvalue weighted by Gasteiger charge is 2.24. The van der Waals surface area contributed by atoms with Gasteiger partial charge in [0.1, 0.15) is 12.4 Å². The van der Waals surface area contributed by atoms with Crippen molar-refractivity contribution in [2.75, 3.05) is 6.54 Å². The molecule has 4 aromatic rings. The van der Waals surface area contributed by atoms with E-state index in [0.29, 0.717) is 31.9 Å². The zero-order chi connectivity index (χ0) is 21.4. The largest absolute Gasteiger partial charge is 0.489 e. The number of fused-ring (bicyclic) bond motifs is 3. The van der Waals surface area contributed by atoms with Gasteiger partial charge in [0.05, 0.1) is 6.54 Å². The van der Waals surface area contributed by atoms with E-state index in [4.69, 9.17) is 4.74 Å². The summed E-state index contributed by atoms with van der Waals surface area (Å²) in [5.74, 6) is 0.535. The molecular formula is C24H20N2O4S. The van der Waals surface area contributed by atoms with Crippen LogP contribution >= 0.6 is 11.3 Å². The standard InChI is InChI=1S/C24H20N2O4S/c27-23-13-18(30-15-16-4-2-1-3-5-16)8-11-26(23)17-6-7-21-20(12-17)19-9-10-25(24(28)29)14-22(19)31-21/h1-8,11-13H,9-10,14-15H2,(H,28,29). The average Bonchev–Trinajstić information content (AvgIpc) is 3.15. The first-order valence-electron chi connectivity index (χ1n) is 10.0. The second-order valence-corrected chi connectivity index (χ2v) is 8.62. The summed E-state index contributed by atoms with van der Waals surface area (Å²) >= 11 is 1.62. The van der Waals surface area contributed by atoms with E-state index in [0.717, 1.165) is 26.2 Å². The van der Waals surface area contributed by atoms with Crippen molar-refractivity contribution < 1.29 is 14.6 Å². The molecule has 1 aliphatic rings. The highest BCUT2D eigenvalue weighted by molar-refractivity contribution is 7.19. The molecule has 156 valence electrons. The van der Waals surface area contributed by atoms with Crippen molar-refractivity contribution in [3.05, 3.63) is 93.2 Å². The summed E-state index contributed by atoms with van der Waals surface area (Å²) < 4.78 is 8.47. The van der Waals surface area contributed by atoms with Crippen LogP contribution in [-0.4, -0.2) is 27.2 Å². The lowest BCUT2D eigenvalue weighted by atomic mass is 10.0. The molecule has 5 rings (SSSR count). The molecule has 0 atom stereocenters. The Balaban J connectivity index is 1.41. The van der Waals surface area contributed by atoms with Gasteiger partial charge in [0.25, 0.3) is 5.56 Å². The second kappa shape index (κ2) is 7.92. The van der Waals surface area contributed by atoms with Gasteiger partial charge in [0.15, 0.2) is 0 Å². The van der Waals surface area contributed by atoms with E-state index >= 15 is 0 Å². The van der Waals surface area contributed by atoms with Gasteiger partial charge in [-0.2, -0.15) is 0 Å². The van der Waals surface area contributed by atoms with Crippen LogP contribution in [0.1, 0.15) is 16.0 Å². The van der Waals surface area contributed by atoms with Crippen LogP contribution in [0.3, 0.4) is 0 Å². The summed E-state index contributed by atoms with van der Waals surface area (Å²) in [6, 6.07) is 19.1. The van der Waals surface area contributed by atoms with Crippen molar-refractivity contribution in [2.24, 2.45) is 0 Å². The Morgan fingerprint density at radius 1 is 1.10 bits per heavy atom. The van der Waals surface area contributed by atoms with Crippen LogP contribution in [0, 0.1) is 0 Å². The molecule has 0 fully saturated rings. The fourth-order valence-corrected chi connectivity index (χ4v) is 5.16. The number of benzene rings is 2. The van der Waals surface area contributed by atoms with E-state index in [9.17, 15) is 14.7 Å². The molecule has 7 heteroatoms.